The molecule has 8 aliphatic rings. The number of methoxy groups -OCH3 is 1. The van der Waals surface area contributed by atoms with Crippen molar-refractivity contribution in [1.82, 2.24) is 9.80 Å². The fourth-order valence-corrected chi connectivity index (χ4v) is 12.7. The predicted molar refractivity (Wildman–Crippen MR) is 308 cm³/mol. The number of phenols is 2. The zero-order valence-corrected chi connectivity index (χ0v) is 50.1. The number of carbonyl (C=O) groups excluding carboxylic acids is 6. The Morgan fingerprint density at radius 2 is 1.69 bits per heavy atom. The Morgan fingerprint density at radius 3 is 2.30 bits per heavy atom. The lowest BCUT2D eigenvalue weighted by molar-refractivity contribution is -0.250. The zero-order valence-electron chi connectivity index (χ0n) is 49.2. The van der Waals surface area contributed by atoms with E-state index in [0.717, 1.165) is 12.1 Å². The van der Waals surface area contributed by atoms with Crippen LogP contribution in [0.3, 0.4) is 0 Å². The monoisotopic (exact) mass is 1160 g/mol. The maximum atomic E-state index is 15.0. The molecule has 22 heteroatoms. The van der Waals surface area contributed by atoms with Gasteiger partial charge in [-0.2, -0.15) is 0 Å². The van der Waals surface area contributed by atoms with Gasteiger partial charge in [0.05, 0.1) is 60.0 Å². The first-order valence-electron chi connectivity index (χ1n) is 28.2. The third kappa shape index (κ3) is 12.3. The molecule has 5 N–H and O–H groups in total. The van der Waals surface area contributed by atoms with Gasteiger partial charge in [0.1, 0.15) is 40.3 Å². The van der Waals surface area contributed by atoms with Crippen LogP contribution in [0, 0.1) is 36.5 Å². The maximum absolute atomic E-state index is 15.0. The summed E-state index contributed by atoms with van der Waals surface area (Å²) in [5.74, 6) is -8.21. The van der Waals surface area contributed by atoms with Gasteiger partial charge in [0, 0.05) is 99.3 Å². The van der Waals surface area contributed by atoms with Crippen molar-refractivity contribution in [2.75, 3.05) is 57.5 Å². The van der Waals surface area contributed by atoms with Crippen LogP contribution in [0.1, 0.15) is 96.6 Å². The quantitative estimate of drug-likeness (QED) is 0.0530. The Kier molecular flexibility index (Phi) is 18.6. The van der Waals surface area contributed by atoms with Gasteiger partial charge in [0.25, 0.3) is 11.7 Å². The number of likely N-dealkylation sites (N-methyl/N-ethyl adjacent to an activating group) is 1. The number of Topliss-reactive ketones (excluding diaryl/α,β-unsaturated/α-hetero) is 2. The summed E-state index contributed by atoms with van der Waals surface area (Å²) in [6.45, 7) is 18.8. The minimum absolute atomic E-state index is 0.00186. The second-order valence-electron chi connectivity index (χ2n) is 23.6. The lowest BCUT2D eigenvalue weighted by Crippen LogP contribution is -2.67. The molecule has 11 unspecified atom stereocenters. The molecule has 3 aromatic carbocycles. The Balaban J connectivity index is 1.20. The molecule has 7 bridgehead atoms. The van der Waals surface area contributed by atoms with Gasteiger partial charge in [0.15, 0.2) is 25.6 Å². The van der Waals surface area contributed by atoms with E-state index >= 15 is 0 Å². The predicted octanol–water partition coefficient (Wildman–Crippen LogP) is 6.07. The number of piperidine rings is 1. The summed E-state index contributed by atoms with van der Waals surface area (Å²) in [6, 6.07) is 6.75. The van der Waals surface area contributed by atoms with Crippen LogP contribution in [-0.4, -0.2) is 155 Å². The summed E-state index contributed by atoms with van der Waals surface area (Å²) in [5, 5.41) is 42.8. The topological polar surface area (TPSA) is 282 Å². The molecule has 2 amide bonds. The first-order valence-corrected chi connectivity index (χ1v) is 29.1. The second-order valence-corrected chi connectivity index (χ2v) is 24.5. The molecule has 2 fully saturated rings. The van der Waals surface area contributed by atoms with E-state index < -0.39 is 112 Å². The number of allylic oxidation sites excluding steroid dienone is 2. The molecule has 0 radical (unpaired) electrons. The van der Waals surface area contributed by atoms with E-state index in [9.17, 15) is 48.7 Å². The van der Waals surface area contributed by atoms with Crippen LogP contribution in [0.25, 0.3) is 10.8 Å². The van der Waals surface area contributed by atoms with Crippen LogP contribution in [0.4, 0.5) is 11.4 Å². The zero-order chi connectivity index (χ0) is 60.6. The molecule has 0 aromatic heterocycles. The van der Waals surface area contributed by atoms with Crippen molar-refractivity contribution in [3.63, 3.8) is 0 Å². The molecule has 11 rings (SSSR count). The summed E-state index contributed by atoms with van der Waals surface area (Å²) in [5.41, 5.74) is -1.61. The number of rotatable bonds is 14. The summed E-state index contributed by atoms with van der Waals surface area (Å²) < 4.78 is 42.3. The van der Waals surface area contributed by atoms with Crippen LogP contribution < -0.4 is 26.1 Å². The van der Waals surface area contributed by atoms with Crippen LogP contribution in [0.5, 0.6) is 17.2 Å². The van der Waals surface area contributed by atoms with E-state index in [-0.39, 0.29) is 77.6 Å². The Morgan fingerprint density at radius 1 is 1.00 bits per heavy atom. The molecule has 8 aliphatic heterocycles. The normalized spacial score (nSPS) is 29.0. The number of benzene rings is 3. The van der Waals surface area contributed by atoms with Crippen LogP contribution in [0.15, 0.2) is 70.4 Å². The number of anilines is 2. The van der Waals surface area contributed by atoms with Crippen molar-refractivity contribution < 1.29 is 72.3 Å². The number of ether oxygens (including phenoxy) is 5. The molecule has 21 nitrogen and oxygen atoms in total. The molecule has 1 spiro atoms. The molecule has 446 valence electrons. The van der Waals surface area contributed by atoms with Crippen LogP contribution in [0.2, 0.25) is 0 Å². The second kappa shape index (κ2) is 24.8. The molecular formula is C61H77N6O15P. The van der Waals surface area contributed by atoms with Crippen molar-refractivity contribution in [3.8, 4) is 17.2 Å². The SMILES string of the molecule is COC1C=COC2(C)Oc3c(C)c(O)c4c(O)c(c5c(c4c3C2=O)NC2(CCN(CC(C)C)CC2)N=5)=NC(=O)/C(C)=C\C=CC2(C(=O)CN(C)CC(=O)Nc3ccc(CC(C=O)P=O)cc3)OC(C(C)C(O)C(C)C(OC(C)=O)C1C)C2C. The fourth-order valence-electron chi connectivity index (χ4n) is 12.3. The highest BCUT2D eigenvalue weighted by molar-refractivity contribution is 7.26. The smallest absolute Gasteiger partial charge is 0.312 e. The number of hydrogen-bond acceptors (Lipinski definition) is 19. The number of esters is 1. The van der Waals surface area contributed by atoms with Crippen LogP contribution in [-0.2, 0) is 53.9 Å². The fraction of sp³-hybridized carbons (Fsp3) is 0.541. The van der Waals surface area contributed by atoms with Crippen molar-refractivity contribution >= 4 is 66.2 Å². The molecule has 0 saturated carbocycles. The summed E-state index contributed by atoms with van der Waals surface area (Å²) in [6.07, 6.45) is 5.46. The molecule has 83 heavy (non-hydrogen) atoms. The number of nitrogens with one attached hydrogen (secondary N) is 2. The van der Waals surface area contributed by atoms with Gasteiger partial charge >= 0.3 is 11.8 Å². The van der Waals surface area contributed by atoms with Crippen molar-refractivity contribution in [2.24, 2.45) is 39.6 Å². The van der Waals surface area contributed by atoms with Gasteiger partial charge in [-0.25, -0.2) is 4.99 Å². The lowest BCUT2D eigenvalue weighted by atomic mass is 9.68. The third-order valence-electron chi connectivity index (χ3n) is 17.0. The Hall–Kier alpha value is -6.74. The Bertz CT molecular complexity index is 3290. The van der Waals surface area contributed by atoms with E-state index in [2.05, 4.69) is 34.4 Å². The van der Waals surface area contributed by atoms with E-state index in [0.29, 0.717) is 43.8 Å². The number of phenolic OH excluding ortho intramolecular Hbond substituents is 2. The average Bonchev–Trinajstić information content (AvgIpc) is 1.72. The maximum Gasteiger partial charge on any atom is 0.312 e. The van der Waals surface area contributed by atoms with Gasteiger partial charge in [-0.05, 0) is 63.1 Å². The number of amides is 2. The number of hydrogen-bond donors (Lipinski definition) is 5. The number of aromatic hydroxyl groups is 2. The van der Waals surface area contributed by atoms with Gasteiger partial charge in [-0.15, -0.1) is 0 Å². The van der Waals surface area contributed by atoms with Crippen molar-refractivity contribution in [3.05, 3.63) is 87.8 Å². The first kappa shape index (κ1) is 62.3. The van der Waals surface area contributed by atoms with Crippen molar-refractivity contribution in [2.45, 2.75) is 136 Å². The standard InChI is InChI=1S/C61H77N6O15P/c1-31(2)27-67-23-21-60(22-24-67)64-48-45-46-52(73)36(7)56-47(45)57(75)59(10,81-56)79-25-19-42(78-12)33(4)54(80-38(9)69)34(5)51(72)35(6)55-37(8)61(82-55,20-13-14-32(3)58(76)63-50(53(46)74)49(48)65-60)43(70)28-66(11)29-44(71)62-40-17-15-39(16-18-40)26-41(30-68)83-77/h13-20,25,30-31,33-35,37,41-42,51,54-55,64,72-74H,21-24,26-29H2,1-12H3,(H,62,71)/b20-13?,25-19?,32-14-,63-50?. The minimum Gasteiger partial charge on any atom is -0.507 e. The number of likely N-dealkylation sites (tertiary alicyclic amines) is 1. The number of carbonyl (C=O) groups is 6. The largest absolute Gasteiger partial charge is 0.507 e. The molecule has 8 heterocycles. The number of aliphatic hydroxyl groups is 1. The Labute approximate surface area is 484 Å². The highest BCUT2D eigenvalue weighted by Gasteiger charge is 2.59. The van der Waals surface area contributed by atoms with Gasteiger partial charge in [-0.1, -0.05) is 65.8 Å². The van der Waals surface area contributed by atoms with Gasteiger partial charge in [-0.3, -0.25) is 38.4 Å². The number of ketones is 2. The van der Waals surface area contributed by atoms with E-state index in [1.165, 1.54) is 70.3 Å². The van der Waals surface area contributed by atoms with Crippen molar-refractivity contribution in [1.29, 1.82) is 0 Å². The number of aliphatic hydroxyl groups excluding tert-OH is 1. The summed E-state index contributed by atoms with van der Waals surface area (Å²) in [4.78, 5) is 95.0. The summed E-state index contributed by atoms with van der Waals surface area (Å²) >= 11 is 0. The molecule has 2 saturated heterocycles. The minimum atomic E-state index is -2.02. The van der Waals surface area contributed by atoms with Crippen LogP contribution >= 0.6 is 8.46 Å². The highest BCUT2D eigenvalue weighted by atomic mass is 31.1. The molecule has 3 aromatic rings. The first-order chi connectivity index (χ1) is 39.2. The van der Waals surface area contributed by atoms with E-state index in [4.69, 9.17) is 28.7 Å². The van der Waals surface area contributed by atoms with E-state index in [1.54, 1.807) is 59.0 Å². The summed E-state index contributed by atoms with van der Waals surface area (Å²) in [7, 11) is 2.76. The highest BCUT2D eigenvalue weighted by Crippen LogP contribution is 2.52. The van der Waals surface area contributed by atoms with Gasteiger partial charge < -0.3 is 59.3 Å². The number of nitrogens with zero attached hydrogens (tertiary/aromatic N) is 4. The van der Waals surface area contributed by atoms with Gasteiger partial charge in [0.2, 0.25) is 5.91 Å². The number of aldehydes is 1. The lowest BCUT2D eigenvalue weighted by Gasteiger charge is -2.54. The average molecular weight is 1170 g/mol. The molecular weight excluding hydrogens is 1090 g/mol. The third-order valence-corrected chi connectivity index (χ3v) is 17.6. The molecule has 0 aliphatic carbocycles. The van der Waals surface area contributed by atoms with E-state index in [1.807, 2.05) is 0 Å². The molecule has 11 atom stereocenters.